The average molecular weight is 309 g/mol. The van der Waals surface area contributed by atoms with Crippen molar-refractivity contribution in [2.75, 3.05) is 14.2 Å². The number of carbonyl (C=O) groups is 1. The smallest absolute Gasteiger partial charge is 0.343 e. The van der Waals surface area contributed by atoms with Gasteiger partial charge in [0.05, 0.1) is 19.8 Å². The molecule has 1 aromatic carbocycles. The molecule has 116 valence electrons. The number of aromatic nitrogens is 1. The average Bonchev–Trinajstić information content (AvgIpc) is 2.96. The molecule has 0 fully saturated rings. The van der Waals surface area contributed by atoms with E-state index in [1.54, 1.807) is 50.9 Å². The molecule has 1 aliphatic rings. The van der Waals surface area contributed by atoms with Gasteiger partial charge in [-0.15, -0.1) is 0 Å². The van der Waals surface area contributed by atoms with Gasteiger partial charge in [-0.05, 0) is 48.0 Å². The van der Waals surface area contributed by atoms with E-state index in [2.05, 4.69) is 4.98 Å². The summed E-state index contributed by atoms with van der Waals surface area (Å²) in [6, 6.07) is 9.00. The van der Waals surface area contributed by atoms with E-state index < -0.39 is 0 Å². The molecular weight excluding hydrogens is 294 g/mol. The zero-order valence-electron chi connectivity index (χ0n) is 12.8. The molecule has 2 aromatic rings. The first-order valence-corrected chi connectivity index (χ1v) is 6.99. The van der Waals surface area contributed by atoms with Crippen LogP contribution in [-0.4, -0.2) is 25.2 Å². The van der Waals surface area contributed by atoms with Crippen molar-refractivity contribution >= 4 is 17.8 Å². The van der Waals surface area contributed by atoms with E-state index in [0.717, 1.165) is 11.1 Å². The lowest BCUT2D eigenvalue weighted by Gasteiger charge is -2.09. The summed E-state index contributed by atoms with van der Waals surface area (Å²) in [5.41, 5.74) is 2.12. The molecule has 1 aliphatic heterocycles. The van der Waals surface area contributed by atoms with Crippen LogP contribution in [0.3, 0.4) is 0 Å². The van der Waals surface area contributed by atoms with Gasteiger partial charge in [0.2, 0.25) is 0 Å². The number of pyridine rings is 1. The normalized spacial score (nSPS) is 15.3. The quantitative estimate of drug-likeness (QED) is 0.641. The van der Waals surface area contributed by atoms with Gasteiger partial charge in [0.1, 0.15) is 5.76 Å². The lowest BCUT2D eigenvalue weighted by atomic mass is 10.1. The number of hydrogen-bond donors (Lipinski definition) is 0. The minimum absolute atomic E-state index is 0.383. The molecule has 0 radical (unpaired) electrons. The van der Waals surface area contributed by atoms with Crippen LogP contribution in [0.4, 0.5) is 0 Å². The van der Waals surface area contributed by atoms with E-state index in [4.69, 9.17) is 14.2 Å². The maximum atomic E-state index is 12.0. The Morgan fingerprint density at radius 1 is 1.04 bits per heavy atom. The zero-order valence-corrected chi connectivity index (χ0v) is 12.8. The van der Waals surface area contributed by atoms with Crippen molar-refractivity contribution in [2.24, 2.45) is 0 Å². The summed E-state index contributed by atoms with van der Waals surface area (Å²) in [5.74, 6) is 1.30. The first-order chi connectivity index (χ1) is 11.2. The summed E-state index contributed by atoms with van der Waals surface area (Å²) in [4.78, 5) is 16.0. The third-order valence-corrected chi connectivity index (χ3v) is 3.42. The molecule has 0 unspecified atom stereocenters. The van der Waals surface area contributed by atoms with Crippen LogP contribution < -0.4 is 9.47 Å². The second-order valence-electron chi connectivity index (χ2n) is 4.85. The number of hydrogen-bond acceptors (Lipinski definition) is 5. The lowest BCUT2D eigenvalue weighted by Crippen LogP contribution is -1.98. The third-order valence-electron chi connectivity index (χ3n) is 3.42. The third kappa shape index (κ3) is 3.08. The molecule has 0 saturated heterocycles. The number of carbonyl (C=O) groups excluding carboxylic acids is 1. The van der Waals surface area contributed by atoms with Crippen LogP contribution in [0.15, 0.2) is 54.4 Å². The molecule has 0 amide bonds. The summed E-state index contributed by atoms with van der Waals surface area (Å²) in [6.45, 7) is 0. The Kier molecular flexibility index (Phi) is 4.10. The van der Waals surface area contributed by atoms with Gasteiger partial charge in [0.15, 0.2) is 11.5 Å². The van der Waals surface area contributed by atoms with Gasteiger partial charge in [-0.1, -0.05) is 0 Å². The van der Waals surface area contributed by atoms with Gasteiger partial charge in [0, 0.05) is 18.0 Å². The first-order valence-electron chi connectivity index (χ1n) is 6.99. The van der Waals surface area contributed by atoms with Crippen molar-refractivity contribution < 1.29 is 19.0 Å². The summed E-state index contributed by atoms with van der Waals surface area (Å²) in [7, 11) is 3.13. The minimum Gasteiger partial charge on any atom is -0.493 e. The molecule has 2 heterocycles. The number of methoxy groups -OCH3 is 2. The van der Waals surface area contributed by atoms with E-state index in [9.17, 15) is 4.79 Å². The number of ether oxygens (including phenoxy) is 3. The molecule has 0 spiro atoms. The first kappa shape index (κ1) is 14.8. The highest BCUT2D eigenvalue weighted by atomic mass is 16.5. The number of rotatable bonds is 4. The van der Waals surface area contributed by atoms with Crippen LogP contribution in [0.1, 0.15) is 11.1 Å². The van der Waals surface area contributed by atoms with Crippen LogP contribution in [0.2, 0.25) is 0 Å². The molecule has 1 aromatic heterocycles. The predicted octanol–water partition coefficient (Wildman–Crippen LogP) is 3.08. The van der Waals surface area contributed by atoms with Gasteiger partial charge < -0.3 is 14.2 Å². The highest BCUT2D eigenvalue weighted by molar-refractivity contribution is 6.05. The molecule has 3 rings (SSSR count). The highest BCUT2D eigenvalue weighted by Crippen LogP contribution is 2.33. The Labute approximate surface area is 133 Å². The van der Waals surface area contributed by atoms with E-state index in [1.165, 1.54) is 0 Å². The molecule has 0 bridgehead atoms. The van der Waals surface area contributed by atoms with Crippen molar-refractivity contribution in [3.63, 3.8) is 0 Å². The Morgan fingerprint density at radius 3 is 2.48 bits per heavy atom. The van der Waals surface area contributed by atoms with Crippen LogP contribution in [0.25, 0.3) is 11.8 Å². The number of cyclic esters (lactones) is 1. The van der Waals surface area contributed by atoms with Gasteiger partial charge in [-0.2, -0.15) is 0 Å². The van der Waals surface area contributed by atoms with Crippen molar-refractivity contribution in [2.45, 2.75) is 0 Å². The van der Waals surface area contributed by atoms with Crippen molar-refractivity contribution in [3.05, 3.63) is 65.5 Å². The fraction of sp³-hybridized carbons (Fsp3) is 0.111. The predicted molar refractivity (Wildman–Crippen MR) is 85.8 cm³/mol. The molecule has 0 atom stereocenters. The van der Waals surface area contributed by atoms with Crippen LogP contribution in [0, 0.1) is 0 Å². The van der Waals surface area contributed by atoms with E-state index in [0.29, 0.717) is 22.8 Å². The monoisotopic (exact) mass is 309 g/mol. The standard InChI is InChI=1S/C18H15NO4/c1-21-15-4-3-13(10-17(15)22-2)16-11-14(18(20)23-16)9-12-5-7-19-8-6-12/h3-11H,1-2H3. The van der Waals surface area contributed by atoms with Gasteiger partial charge in [-0.3, -0.25) is 4.98 Å². The second-order valence-corrected chi connectivity index (χ2v) is 4.85. The van der Waals surface area contributed by atoms with Crippen molar-refractivity contribution in [1.82, 2.24) is 4.98 Å². The molecular formula is C18H15NO4. The van der Waals surface area contributed by atoms with Crippen LogP contribution in [-0.2, 0) is 9.53 Å². The SMILES string of the molecule is COc1ccc(C2=CC(=Cc3ccncc3)C(=O)O2)cc1OC. The number of esters is 1. The fourth-order valence-electron chi connectivity index (χ4n) is 2.26. The fourth-order valence-corrected chi connectivity index (χ4v) is 2.26. The zero-order chi connectivity index (χ0) is 16.2. The van der Waals surface area contributed by atoms with Crippen LogP contribution in [0.5, 0.6) is 11.5 Å². The lowest BCUT2D eigenvalue weighted by molar-refractivity contribution is -0.130. The molecule has 5 heteroatoms. The topological polar surface area (TPSA) is 57.7 Å². The number of benzene rings is 1. The summed E-state index contributed by atoms with van der Waals surface area (Å²) >= 11 is 0. The van der Waals surface area contributed by atoms with Crippen LogP contribution >= 0.6 is 0 Å². The Bertz CT molecular complexity index is 794. The molecule has 0 N–H and O–H groups in total. The van der Waals surface area contributed by atoms with E-state index in [-0.39, 0.29) is 5.97 Å². The molecule has 0 saturated carbocycles. The summed E-state index contributed by atoms with van der Waals surface area (Å²) in [6.07, 6.45) is 6.82. The van der Waals surface area contributed by atoms with Gasteiger partial charge >= 0.3 is 5.97 Å². The summed E-state index contributed by atoms with van der Waals surface area (Å²) in [5, 5.41) is 0. The largest absolute Gasteiger partial charge is 0.493 e. The van der Waals surface area contributed by atoms with Gasteiger partial charge in [-0.25, -0.2) is 4.79 Å². The minimum atomic E-state index is -0.383. The second kappa shape index (κ2) is 6.36. The maximum Gasteiger partial charge on any atom is 0.343 e. The van der Waals surface area contributed by atoms with E-state index in [1.807, 2.05) is 18.2 Å². The van der Waals surface area contributed by atoms with Crippen molar-refractivity contribution in [3.8, 4) is 11.5 Å². The number of nitrogens with zero attached hydrogens (tertiary/aromatic N) is 1. The van der Waals surface area contributed by atoms with Gasteiger partial charge in [0.25, 0.3) is 0 Å². The molecule has 0 aliphatic carbocycles. The molecule has 23 heavy (non-hydrogen) atoms. The van der Waals surface area contributed by atoms with Crippen molar-refractivity contribution in [1.29, 1.82) is 0 Å². The maximum absolute atomic E-state index is 12.0. The summed E-state index contributed by atoms with van der Waals surface area (Å²) < 4.78 is 15.8. The molecule has 5 nitrogen and oxygen atoms in total. The Morgan fingerprint density at radius 2 is 1.78 bits per heavy atom. The van der Waals surface area contributed by atoms with E-state index >= 15 is 0 Å². The Hall–Kier alpha value is -3.08. The Balaban J connectivity index is 1.94. The highest BCUT2D eigenvalue weighted by Gasteiger charge is 2.22.